The van der Waals surface area contributed by atoms with Crippen LogP contribution >= 0.6 is 0 Å². The van der Waals surface area contributed by atoms with Crippen LogP contribution in [0.15, 0.2) is 23.8 Å². The number of carbonyl (C=O) groups excluding carboxylic acids is 3. The molecular weight excluding hydrogens is 338 g/mol. The van der Waals surface area contributed by atoms with Gasteiger partial charge >= 0.3 is 0 Å². The number of imide groups is 3. The molecule has 0 aromatic carbocycles. The highest BCUT2D eigenvalue weighted by atomic mass is 16.2. The fourth-order valence-corrected chi connectivity index (χ4v) is 3.28. The molecule has 0 saturated carbocycles. The van der Waals surface area contributed by atoms with E-state index in [1.54, 1.807) is 6.92 Å². The van der Waals surface area contributed by atoms with E-state index in [2.05, 4.69) is 19.1 Å². The van der Waals surface area contributed by atoms with Crippen molar-refractivity contribution in [2.75, 3.05) is 0 Å². The summed E-state index contributed by atoms with van der Waals surface area (Å²) in [5.74, 6) is -1.32. The summed E-state index contributed by atoms with van der Waals surface area (Å²) in [5, 5.41) is 0. The third-order valence-corrected chi connectivity index (χ3v) is 5.00. The van der Waals surface area contributed by atoms with Gasteiger partial charge < -0.3 is 0 Å². The fourth-order valence-electron chi connectivity index (χ4n) is 3.28. The lowest BCUT2D eigenvalue weighted by atomic mass is 10.1. The number of amides is 3. The van der Waals surface area contributed by atoms with Crippen LogP contribution in [0.3, 0.4) is 0 Å². The maximum atomic E-state index is 12.0. The Morgan fingerprint density at radius 3 is 1.89 bits per heavy atom. The van der Waals surface area contributed by atoms with Crippen LogP contribution in [0.4, 0.5) is 0 Å². The molecule has 0 fully saturated rings. The molecule has 4 heteroatoms. The van der Waals surface area contributed by atoms with Gasteiger partial charge in [0, 0.05) is 18.1 Å². The van der Waals surface area contributed by atoms with Crippen molar-refractivity contribution in [1.82, 2.24) is 4.90 Å². The third kappa shape index (κ3) is 9.69. The van der Waals surface area contributed by atoms with Crippen molar-refractivity contribution >= 4 is 17.7 Å². The number of unbranched alkanes of at least 4 members (excludes halogenated alkanes) is 11. The van der Waals surface area contributed by atoms with E-state index in [-0.39, 0.29) is 12.3 Å². The van der Waals surface area contributed by atoms with Crippen molar-refractivity contribution in [2.45, 2.75) is 104 Å². The summed E-state index contributed by atoms with van der Waals surface area (Å²) >= 11 is 0. The zero-order chi connectivity index (χ0) is 19.9. The summed E-state index contributed by atoms with van der Waals surface area (Å²) < 4.78 is 0. The van der Waals surface area contributed by atoms with Crippen molar-refractivity contribution in [3.05, 3.63) is 23.8 Å². The second-order valence-electron chi connectivity index (χ2n) is 7.53. The summed E-state index contributed by atoms with van der Waals surface area (Å²) in [6.07, 6.45) is 21.7. The van der Waals surface area contributed by atoms with Gasteiger partial charge in [-0.05, 0) is 39.0 Å². The highest BCUT2D eigenvalue weighted by Crippen LogP contribution is 2.15. The lowest BCUT2D eigenvalue weighted by molar-refractivity contribution is -0.148. The molecule has 0 radical (unpaired) electrons. The Morgan fingerprint density at radius 2 is 1.37 bits per heavy atom. The van der Waals surface area contributed by atoms with Crippen LogP contribution in [-0.2, 0) is 14.4 Å². The van der Waals surface area contributed by atoms with Crippen molar-refractivity contribution < 1.29 is 14.4 Å². The van der Waals surface area contributed by atoms with Gasteiger partial charge in [-0.2, -0.15) is 0 Å². The van der Waals surface area contributed by atoms with Crippen LogP contribution < -0.4 is 0 Å². The molecule has 4 nitrogen and oxygen atoms in total. The van der Waals surface area contributed by atoms with Gasteiger partial charge in [0.2, 0.25) is 5.91 Å². The van der Waals surface area contributed by atoms with E-state index in [4.69, 9.17) is 0 Å². The first-order valence-corrected chi connectivity index (χ1v) is 10.8. The maximum absolute atomic E-state index is 12.0. The van der Waals surface area contributed by atoms with E-state index < -0.39 is 11.8 Å². The summed E-state index contributed by atoms with van der Waals surface area (Å²) in [6.45, 7) is 3.81. The van der Waals surface area contributed by atoms with Gasteiger partial charge in [0.25, 0.3) is 11.8 Å². The summed E-state index contributed by atoms with van der Waals surface area (Å²) in [4.78, 5) is 36.1. The van der Waals surface area contributed by atoms with E-state index in [0.717, 1.165) is 37.0 Å². The topological polar surface area (TPSA) is 54.5 Å². The Hall–Kier alpha value is -1.71. The molecule has 0 aromatic heterocycles. The first kappa shape index (κ1) is 23.3. The lowest BCUT2D eigenvalue weighted by Gasteiger charge is -2.12. The molecule has 0 unspecified atom stereocenters. The lowest BCUT2D eigenvalue weighted by Crippen LogP contribution is -2.36. The Morgan fingerprint density at radius 1 is 0.852 bits per heavy atom. The SMILES string of the molecule is CCCCCCCCC=CCCCCCCCC(=O)N1C(=O)C=C(C)C1=O. The van der Waals surface area contributed by atoms with Gasteiger partial charge in [0.1, 0.15) is 0 Å². The molecule has 0 N–H and O–H groups in total. The average Bonchev–Trinajstić information content (AvgIpc) is 2.90. The summed E-state index contributed by atoms with van der Waals surface area (Å²) in [6, 6.07) is 0. The molecule has 0 atom stereocenters. The molecule has 0 aliphatic carbocycles. The van der Waals surface area contributed by atoms with Gasteiger partial charge in [-0.1, -0.05) is 70.4 Å². The minimum absolute atomic E-state index is 0.275. The van der Waals surface area contributed by atoms with E-state index in [1.165, 1.54) is 57.4 Å². The van der Waals surface area contributed by atoms with Gasteiger partial charge in [-0.15, -0.1) is 0 Å². The highest BCUT2D eigenvalue weighted by Gasteiger charge is 2.33. The predicted octanol–water partition coefficient (Wildman–Crippen LogP) is 5.87. The van der Waals surface area contributed by atoms with Crippen LogP contribution in [0.5, 0.6) is 0 Å². The molecule has 27 heavy (non-hydrogen) atoms. The zero-order valence-corrected chi connectivity index (χ0v) is 17.3. The van der Waals surface area contributed by atoms with Gasteiger partial charge in [0.15, 0.2) is 0 Å². The molecule has 0 bridgehead atoms. The van der Waals surface area contributed by atoms with E-state index in [1.807, 2.05) is 0 Å². The predicted molar refractivity (Wildman–Crippen MR) is 110 cm³/mol. The fraction of sp³-hybridized carbons (Fsp3) is 0.696. The molecule has 0 spiro atoms. The molecule has 0 aromatic rings. The maximum Gasteiger partial charge on any atom is 0.263 e. The van der Waals surface area contributed by atoms with Crippen LogP contribution in [0.2, 0.25) is 0 Å². The number of allylic oxidation sites excluding steroid dienone is 2. The number of nitrogens with zero attached hydrogens (tertiary/aromatic N) is 1. The van der Waals surface area contributed by atoms with Crippen LogP contribution in [0, 0.1) is 0 Å². The molecule has 152 valence electrons. The number of hydrogen-bond acceptors (Lipinski definition) is 3. The van der Waals surface area contributed by atoms with Crippen molar-refractivity contribution in [1.29, 1.82) is 0 Å². The summed E-state index contributed by atoms with van der Waals surface area (Å²) in [7, 11) is 0. The normalized spacial score (nSPS) is 14.4. The Labute approximate surface area is 165 Å². The Balaban J connectivity index is 1.92. The van der Waals surface area contributed by atoms with Crippen LogP contribution in [-0.4, -0.2) is 22.6 Å². The number of hydrogen-bond donors (Lipinski definition) is 0. The Kier molecular flexibility index (Phi) is 12.4. The second kappa shape index (κ2) is 14.4. The van der Waals surface area contributed by atoms with E-state index >= 15 is 0 Å². The first-order chi connectivity index (χ1) is 13.1. The van der Waals surface area contributed by atoms with Crippen molar-refractivity contribution in [3.63, 3.8) is 0 Å². The number of carbonyl (C=O) groups is 3. The summed E-state index contributed by atoms with van der Waals surface area (Å²) in [5.41, 5.74) is 0.345. The molecule has 1 rings (SSSR count). The number of rotatable bonds is 15. The van der Waals surface area contributed by atoms with E-state index in [0.29, 0.717) is 5.57 Å². The molecule has 1 aliphatic rings. The minimum atomic E-state index is -0.491. The Bertz CT molecular complexity index is 534. The molecular formula is C23H37NO3. The van der Waals surface area contributed by atoms with Gasteiger partial charge in [0.05, 0.1) is 0 Å². The van der Waals surface area contributed by atoms with Gasteiger partial charge in [-0.3, -0.25) is 14.4 Å². The van der Waals surface area contributed by atoms with Crippen LogP contribution in [0.25, 0.3) is 0 Å². The third-order valence-electron chi connectivity index (χ3n) is 5.00. The van der Waals surface area contributed by atoms with Crippen molar-refractivity contribution in [2.24, 2.45) is 0 Å². The van der Waals surface area contributed by atoms with E-state index in [9.17, 15) is 14.4 Å². The minimum Gasteiger partial charge on any atom is -0.274 e. The monoisotopic (exact) mass is 375 g/mol. The first-order valence-electron chi connectivity index (χ1n) is 10.8. The van der Waals surface area contributed by atoms with Gasteiger partial charge in [-0.25, -0.2) is 4.90 Å². The zero-order valence-electron chi connectivity index (χ0n) is 17.3. The molecule has 1 aliphatic heterocycles. The molecule has 1 heterocycles. The second-order valence-corrected chi connectivity index (χ2v) is 7.53. The standard InChI is InChI=1S/C23H37NO3/c1-3-4-5-6-7-8-9-10-11-12-13-14-15-16-17-18-21(25)24-22(26)19-20(2)23(24)27/h10-11,19H,3-9,12-18H2,1-2H3. The van der Waals surface area contributed by atoms with Crippen LogP contribution in [0.1, 0.15) is 104 Å². The smallest absolute Gasteiger partial charge is 0.263 e. The largest absolute Gasteiger partial charge is 0.274 e. The molecule has 3 amide bonds. The highest BCUT2D eigenvalue weighted by molar-refractivity contribution is 6.24. The molecule has 0 saturated heterocycles. The average molecular weight is 376 g/mol. The quantitative estimate of drug-likeness (QED) is 0.204. The van der Waals surface area contributed by atoms with Crippen molar-refractivity contribution in [3.8, 4) is 0 Å².